The number of carbonyl (C=O) groups excluding carboxylic acids is 2. The zero-order valence-corrected chi connectivity index (χ0v) is 18.3. The van der Waals surface area contributed by atoms with Gasteiger partial charge in [-0.05, 0) is 25.7 Å². The Morgan fingerprint density at radius 1 is 1.15 bits per heavy atom. The van der Waals surface area contributed by atoms with Crippen LogP contribution in [-0.2, 0) is 9.59 Å². The second kappa shape index (κ2) is 13.7. The van der Waals surface area contributed by atoms with Crippen LogP contribution < -0.4 is 5.32 Å². The fourth-order valence-electron chi connectivity index (χ4n) is 3.03. The summed E-state index contributed by atoms with van der Waals surface area (Å²) in [6.07, 6.45) is 9.32. The highest BCUT2D eigenvalue weighted by molar-refractivity contribution is 7.09. The highest BCUT2D eigenvalue weighted by Gasteiger charge is 2.21. The van der Waals surface area contributed by atoms with Crippen LogP contribution in [0.1, 0.15) is 90.1 Å². The molecule has 0 aliphatic rings. The van der Waals surface area contributed by atoms with E-state index in [2.05, 4.69) is 31.1 Å². The third-order valence-electron chi connectivity index (χ3n) is 4.84. The second-order valence-electron chi connectivity index (χ2n) is 7.22. The minimum absolute atomic E-state index is 0.0214. The molecule has 2 atom stereocenters. The molecule has 0 fully saturated rings. The summed E-state index contributed by atoms with van der Waals surface area (Å²) >= 11 is 1.57. The van der Waals surface area contributed by atoms with E-state index in [0.717, 1.165) is 37.2 Å². The average Bonchev–Trinajstić information content (AvgIpc) is 3.20. The molecule has 0 saturated heterocycles. The smallest absolute Gasteiger partial charge is 0.223 e. The summed E-state index contributed by atoms with van der Waals surface area (Å²) < 4.78 is 0. The van der Waals surface area contributed by atoms with Crippen molar-refractivity contribution < 1.29 is 9.59 Å². The van der Waals surface area contributed by atoms with Gasteiger partial charge in [-0.2, -0.15) is 0 Å². The van der Waals surface area contributed by atoms with E-state index in [1.807, 2.05) is 17.2 Å². The Hall–Kier alpha value is -1.43. The van der Waals surface area contributed by atoms with E-state index in [1.165, 1.54) is 12.8 Å². The summed E-state index contributed by atoms with van der Waals surface area (Å²) in [6, 6.07) is -0.0214. The lowest BCUT2D eigenvalue weighted by Gasteiger charge is -2.24. The molecule has 2 unspecified atom stereocenters. The molecule has 1 N–H and O–H groups in total. The van der Waals surface area contributed by atoms with Crippen LogP contribution in [0.2, 0.25) is 0 Å². The zero-order chi connectivity index (χ0) is 20.1. The van der Waals surface area contributed by atoms with Crippen molar-refractivity contribution in [1.82, 2.24) is 15.2 Å². The molecule has 5 nitrogen and oxygen atoms in total. The maximum atomic E-state index is 12.6. The lowest BCUT2D eigenvalue weighted by Crippen LogP contribution is -2.37. The van der Waals surface area contributed by atoms with Gasteiger partial charge in [0, 0.05) is 37.0 Å². The van der Waals surface area contributed by atoms with Crippen LogP contribution >= 0.6 is 11.3 Å². The van der Waals surface area contributed by atoms with Gasteiger partial charge < -0.3 is 10.2 Å². The van der Waals surface area contributed by atoms with Gasteiger partial charge in [-0.25, -0.2) is 4.98 Å². The van der Waals surface area contributed by atoms with Gasteiger partial charge in [-0.15, -0.1) is 11.3 Å². The Morgan fingerprint density at radius 2 is 1.93 bits per heavy atom. The van der Waals surface area contributed by atoms with Gasteiger partial charge in [-0.3, -0.25) is 9.59 Å². The first-order chi connectivity index (χ1) is 13.0. The number of nitrogens with zero attached hydrogens (tertiary/aromatic N) is 2. The van der Waals surface area contributed by atoms with Gasteiger partial charge in [0.15, 0.2) is 0 Å². The summed E-state index contributed by atoms with van der Waals surface area (Å²) in [5, 5.41) is 5.99. The van der Waals surface area contributed by atoms with E-state index in [-0.39, 0.29) is 23.8 Å². The maximum Gasteiger partial charge on any atom is 0.223 e. The number of unbranched alkanes of at least 4 members (excludes halogenated alkanes) is 3. The molecule has 1 aromatic heterocycles. The molecule has 154 valence electrons. The second-order valence-corrected chi connectivity index (χ2v) is 8.15. The molecular formula is C21H37N3O2S. The molecule has 1 heterocycles. The van der Waals surface area contributed by atoms with Gasteiger partial charge in [-0.1, -0.05) is 47.0 Å². The van der Waals surface area contributed by atoms with Crippen molar-refractivity contribution in [2.24, 2.45) is 5.92 Å². The van der Waals surface area contributed by atoms with E-state index in [1.54, 1.807) is 17.5 Å². The Kier molecular flexibility index (Phi) is 12.0. The van der Waals surface area contributed by atoms with E-state index in [9.17, 15) is 9.59 Å². The Balaban J connectivity index is 2.46. The molecular weight excluding hydrogens is 358 g/mol. The van der Waals surface area contributed by atoms with E-state index in [0.29, 0.717) is 19.4 Å². The summed E-state index contributed by atoms with van der Waals surface area (Å²) in [4.78, 5) is 31.3. The first-order valence-electron chi connectivity index (χ1n) is 10.5. The van der Waals surface area contributed by atoms with Crippen LogP contribution in [0.4, 0.5) is 0 Å². The van der Waals surface area contributed by atoms with Crippen LogP contribution in [0.5, 0.6) is 0 Å². The number of hydrogen-bond acceptors (Lipinski definition) is 4. The third-order valence-corrected chi connectivity index (χ3v) is 5.73. The van der Waals surface area contributed by atoms with Crippen molar-refractivity contribution in [3.63, 3.8) is 0 Å². The fraction of sp³-hybridized carbons (Fsp3) is 0.762. The van der Waals surface area contributed by atoms with Gasteiger partial charge in [0.05, 0.1) is 6.04 Å². The Bertz CT molecular complexity index is 534. The van der Waals surface area contributed by atoms with Crippen molar-refractivity contribution in [1.29, 1.82) is 0 Å². The Labute approximate surface area is 168 Å². The molecule has 0 aliphatic heterocycles. The highest BCUT2D eigenvalue weighted by atomic mass is 32.1. The van der Waals surface area contributed by atoms with E-state index >= 15 is 0 Å². The molecule has 0 saturated carbocycles. The van der Waals surface area contributed by atoms with E-state index in [4.69, 9.17) is 0 Å². The number of rotatable bonds is 14. The first-order valence-corrected chi connectivity index (χ1v) is 11.4. The molecule has 0 radical (unpaired) electrons. The largest absolute Gasteiger partial charge is 0.347 e. The van der Waals surface area contributed by atoms with Crippen molar-refractivity contribution >= 4 is 23.2 Å². The van der Waals surface area contributed by atoms with Gasteiger partial charge in [0.2, 0.25) is 11.8 Å². The van der Waals surface area contributed by atoms with Crippen molar-refractivity contribution in [2.75, 3.05) is 13.1 Å². The number of thiazole rings is 1. The average molecular weight is 396 g/mol. The van der Waals surface area contributed by atoms with Crippen LogP contribution in [0.25, 0.3) is 0 Å². The van der Waals surface area contributed by atoms with Crippen LogP contribution in [0, 0.1) is 5.92 Å². The quantitative estimate of drug-likeness (QED) is 0.454. The predicted molar refractivity (Wildman–Crippen MR) is 113 cm³/mol. The summed E-state index contributed by atoms with van der Waals surface area (Å²) in [7, 11) is 0. The normalized spacial score (nSPS) is 13.2. The summed E-state index contributed by atoms with van der Waals surface area (Å²) in [5.74, 6) is 0.157. The molecule has 0 bridgehead atoms. The number of aromatic nitrogens is 1. The molecule has 1 aromatic rings. The lowest BCUT2D eigenvalue weighted by molar-refractivity contribution is -0.132. The van der Waals surface area contributed by atoms with E-state index < -0.39 is 0 Å². The SMILES string of the molecule is CCCCCCC(=O)N(CCC)CCC(C)C(=O)NC(CC)c1nccs1. The molecule has 27 heavy (non-hydrogen) atoms. The lowest BCUT2D eigenvalue weighted by atomic mass is 10.1. The number of amides is 2. The van der Waals surface area contributed by atoms with Crippen molar-refractivity contribution in [2.45, 2.75) is 85.1 Å². The highest BCUT2D eigenvalue weighted by Crippen LogP contribution is 2.20. The minimum atomic E-state index is -0.119. The van der Waals surface area contributed by atoms with Crippen molar-refractivity contribution in [3.05, 3.63) is 16.6 Å². The maximum absolute atomic E-state index is 12.6. The standard InChI is InChI=1S/C21H37N3O2S/c1-5-8-9-10-11-19(25)24(14-6-2)15-12-17(4)20(26)23-18(7-3)21-22-13-16-27-21/h13,16-18H,5-12,14-15H2,1-4H3,(H,23,26). The minimum Gasteiger partial charge on any atom is -0.347 e. The number of carbonyl (C=O) groups is 2. The number of nitrogens with one attached hydrogen (secondary N) is 1. The van der Waals surface area contributed by atoms with Crippen LogP contribution in [0.15, 0.2) is 11.6 Å². The molecule has 0 aromatic carbocycles. The fourth-order valence-corrected chi connectivity index (χ4v) is 3.80. The monoisotopic (exact) mass is 395 g/mol. The molecule has 0 spiro atoms. The Morgan fingerprint density at radius 3 is 2.52 bits per heavy atom. The third kappa shape index (κ3) is 8.87. The van der Waals surface area contributed by atoms with Gasteiger partial charge in [0.25, 0.3) is 0 Å². The summed E-state index contributed by atoms with van der Waals surface area (Å²) in [5.41, 5.74) is 0. The predicted octanol–water partition coefficient (Wildman–Crippen LogP) is 4.95. The molecule has 0 aliphatic carbocycles. The van der Waals surface area contributed by atoms with Gasteiger partial charge >= 0.3 is 0 Å². The zero-order valence-electron chi connectivity index (χ0n) is 17.5. The number of hydrogen-bond donors (Lipinski definition) is 1. The van der Waals surface area contributed by atoms with Gasteiger partial charge in [0.1, 0.15) is 5.01 Å². The van der Waals surface area contributed by atoms with Crippen LogP contribution in [-0.4, -0.2) is 34.8 Å². The molecule has 2 amide bonds. The first kappa shape index (κ1) is 23.6. The topological polar surface area (TPSA) is 62.3 Å². The van der Waals surface area contributed by atoms with Crippen molar-refractivity contribution in [3.8, 4) is 0 Å². The molecule has 1 rings (SSSR count). The summed E-state index contributed by atoms with van der Waals surface area (Å²) in [6.45, 7) is 9.69. The van der Waals surface area contributed by atoms with Crippen LogP contribution in [0.3, 0.4) is 0 Å². The molecule has 6 heteroatoms.